The average molecular weight is 480 g/mol. The van der Waals surface area contributed by atoms with Gasteiger partial charge in [0.15, 0.2) is 17.5 Å². The van der Waals surface area contributed by atoms with E-state index in [1.54, 1.807) is 44.2 Å². The number of fused-ring (bicyclic) bond motifs is 3. The third kappa shape index (κ3) is 2.91. The molecule has 4 aliphatic carbocycles. The number of aliphatic hydroxyl groups excluding tert-OH is 1. The molecule has 0 radical (unpaired) electrons. The molecule has 1 aromatic carbocycles. The molecule has 2 N–H and O–H groups in total. The van der Waals surface area contributed by atoms with Gasteiger partial charge in [-0.1, -0.05) is 56.3 Å². The van der Waals surface area contributed by atoms with Crippen LogP contribution in [0.3, 0.4) is 0 Å². The van der Waals surface area contributed by atoms with E-state index < -0.39 is 41.7 Å². The number of ketones is 1. The van der Waals surface area contributed by atoms with E-state index in [1.165, 1.54) is 0 Å². The third-order valence-electron chi connectivity index (χ3n) is 9.59. The van der Waals surface area contributed by atoms with Crippen LogP contribution in [-0.2, 0) is 9.53 Å². The van der Waals surface area contributed by atoms with Crippen molar-refractivity contribution in [2.75, 3.05) is 6.61 Å². The standard InChI is InChI=1S/C28H33NO6/c1-14-8-6-7-9-18(14)25(32)35-24-15(2)12-27-16(3)10-20-21(26(20,4)5)19(23(27)31)11-17(13-30)22(29-34)28(24,27)33/h6-9,11-12,16,19-22,24,30,33H,10,13H2,1-5H3/t16-,19?,20?,21?,22?,24?,27?,28?/m1/s1. The number of benzene rings is 1. The van der Waals surface area contributed by atoms with E-state index in [4.69, 9.17) is 4.74 Å². The Morgan fingerprint density at radius 1 is 1.23 bits per heavy atom. The number of esters is 1. The number of Topliss-reactive ketones (excluding diaryl/α,β-unsaturated/α-hetero) is 1. The summed E-state index contributed by atoms with van der Waals surface area (Å²) in [4.78, 5) is 40.0. The molecule has 1 spiro atoms. The van der Waals surface area contributed by atoms with Crippen molar-refractivity contribution in [1.29, 1.82) is 0 Å². The molecule has 7 unspecified atom stereocenters. The topological polar surface area (TPSA) is 113 Å². The van der Waals surface area contributed by atoms with E-state index in [1.807, 2.05) is 13.0 Å². The summed E-state index contributed by atoms with van der Waals surface area (Å²) < 4.78 is 5.93. The molecule has 0 heterocycles. The van der Waals surface area contributed by atoms with Crippen molar-refractivity contribution in [3.05, 3.63) is 63.6 Å². The van der Waals surface area contributed by atoms with Crippen molar-refractivity contribution in [1.82, 2.24) is 0 Å². The number of nitroso groups, excluding NO2 is 1. The third-order valence-corrected chi connectivity index (χ3v) is 9.59. The molecule has 2 fully saturated rings. The lowest BCUT2D eigenvalue weighted by Gasteiger charge is -2.48. The van der Waals surface area contributed by atoms with Crippen LogP contribution in [0.5, 0.6) is 0 Å². The number of rotatable bonds is 4. The van der Waals surface area contributed by atoms with Crippen LogP contribution in [0.1, 0.15) is 50.0 Å². The number of allylic oxidation sites excluding steroid dienone is 1. The van der Waals surface area contributed by atoms with Gasteiger partial charge in [0.1, 0.15) is 6.04 Å². The molecule has 7 heteroatoms. The molecule has 0 aromatic heterocycles. The molecule has 2 saturated carbocycles. The second kappa shape index (κ2) is 7.68. The van der Waals surface area contributed by atoms with Gasteiger partial charge in [-0.15, -0.1) is 0 Å². The van der Waals surface area contributed by atoms with Crippen LogP contribution in [0.25, 0.3) is 0 Å². The summed E-state index contributed by atoms with van der Waals surface area (Å²) in [6.45, 7) is 9.18. The number of ether oxygens (including phenoxy) is 1. The highest BCUT2D eigenvalue weighted by molar-refractivity contribution is 5.96. The van der Waals surface area contributed by atoms with Crippen LogP contribution in [0.15, 0.2) is 52.7 Å². The lowest BCUT2D eigenvalue weighted by Crippen LogP contribution is -2.65. The molecule has 8 atom stereocenters. The van der Waals surface area contributed by atoms with Gasteiger partial charge in [0.25, 0.3) is 0 Å². The Kier molecular flexibility index (Phi) is 5.28. The van der Waals surface area contributed by atoms with Gasteiger partial charge in [0.05, 0.1) is 17.6 Å². The molecule has 2 bridgehead atoms. The summed E-state index contributed by atoms with van der Waals surface area (Å²) >= 11 is 0. The summed E-state index contributed by atoms with van der Waals surface area (Å²) in [5, 5.41) is 26.1. The fourth-order valence-corrected chi connectivity index (χ4v) is 7.71. The summed E-state index contributed by atoms with van der Waals surface area (Å²) in [6, 6.07) is 5.52. The minimum atomic E-state index is -2.14. The van der Waals surface area contributed by atoms with Gasteiger partial charge in [0.2, 0.25) is 0 Å². The molecule has 0 amide bonds. The largest absolute Gasteiger partial charge is 0.451 e. The monoisotopic (exact) mass is 479 g/mol. The zero-order valence-corrected chi connectivity index (χ0v) is 20.8. The Bertz CT molecular complexity index is 1180. The van der Waals surface area contributed by atoms with Crippen LogP contribution in [0, 0.1) is 46.3 Å². The average Bonchev–Trinajstić information content (AvgIpc) is 3.31. The van der Waals surface area contributed by atoms with Crippen LogP contribution in [0.4, 0.5) is 0 Å². The first-order chi connectivity index (χ1) is 16.5. The molecular weight excluding hydrogens is 446 g/mol. The number of nitrogens with zero attached hydrogens (tertiary/aromatic N) is 1. The Morgan fingerprint density at radius 3 is 2.54 bits per heavy atom. The van der Waals surface area contributed by atoms with Gasteiger partial charge in [-0.25, -0.2) is 4.79 Å². The fourth-order valence-electron chi connectivity index (χ4n) is 7.71. The first kappa shape index (κ1) is 24.1. The lowest BCUT2D eigenvalue weighted by atomic mass is 9.58. The Morgan fingerprint density at radius 2 is 1.91 bits per heavy atom. The number of aliphatic hydroxyl groups is 2. The van der Waals surface area contributed by atoms with Gasteiger partial charge < -0.3 is 14.9 Å². The molecule has 4 aliphatic rings. The maximum absolute atomic E-state index is 14.4. The van der Waals surface area contributed by atoms with Crippen molar-refractivity contribution in [2.24, 2.45) is 39.7 Å². The minimum absolute atomic E-state index is 0.0512. The van der Waals surface area contributed by atoms with Crippen LogP contribution < -0.4 is 0 Å². The van der Waals surface area contributed by atoms with E-state index in [-0.39, 0.29) is 34.5 Å². The molecule has 186 valence electrons. The number of carbonyl (C=O) groups is 2. The number of hydrogen-bond donors (Lipinski definition) is 2. The summed E-state index contributed by atoms with van der Waals surface area (Å²) in [5.41, 5.74) is -1.90. The zero-order valence-electron chi connectivity index (χ0n) is 20.8. The maximum Gasteiger partial charge on any atom is 0.339 e. The van der Waals surface area contributed by atoms with Crippen molar-refractivity contribution in [3.8, 4) is 0 Å². The van der Waals surface area contributed by atoms with Gasteiger partial charge in [-0.05, 0) is 66.2 Å². The van der Waals surface area contributed by atoms with Crippen LogP contribution >= 0.6 is 0 Å². The molecule has 35 heavy (non-hydrogen) atoms. The predicted octanol–water partition coefficient (Wildman–Crippen LogP) is 3.76. The van der Waals surface area contributed by atoms with Crippen LogP contribution in [0.2, 0.25) is 0 Å². The molecule has 0 aliphatic heterocycles. The van der Waals surface area contributed by atoms with E-state index in [9.17, 15) is 24.7 Å². The second-order valence-electron chi connectivity index (χ2n) is 11.6. The van der Waals surface area contributed by atoms with Crippen LogP contribution in [-0.4, -0.2) is 46.3 Å². The van der Waals surface area contributed by atoms with E-state index in [0.29, 0.717) is 23.1 Å². The molecule has 5 rings (SSSR count). The molecular formula is C28H33NO6. The first-order valence-electron chi connectivity index (χ1n) is 12.3. The Labute approximate surface area is 205 Å². The SMILES string of the molecule is CC1=CC23C(=O)C(C=C(CO)C(N=O)C2(O)C1OC(=O)c1ccccc1C)C1C(C[C@H]3C)C1(C)C. The smallest absolute Gasteiger partial charge is 0.339 e. The zero-order chi connectivity index (χ0) is 25.5. The maximum atomic E-state index is 14.4. The number of hydrogen-bond acceptors (Lipinski definition) is 7. The minimum Gasteiger partial charge on any atom is -0.451 e. The van der Waals surface area contributed by atoms with Crippen molar-refractivity contribution >= 4 is 11.8 Å². The van der Waals surface area contributed by atoms with Gasteiger partial charge >= 0.3 is 5.97 Å². The van der Waals surface area contributed by atoms with Crippen molar-refractivity contribution < 1.29 is 24.5 Å². The number of carbonyl (C=O) groups excluding carboxylic acids is 2. The Hall–Kier alpha value is -2.64. The van der Waals surface area contributed by atoms with Gasteiger partial charge in [-0.3, -0.25) is 4.79 Å². The predicted molar refractivity (Wildman–Crippen MR) is 129 cm³/mol. The van der Waals surface area contributed by atoms with Gasteiger partial charge in [-0.2, -0.15) is 4.91 Å². The summed E-state index contributed by atoms with van der Waals surface area (Å²) in [7, 11) is 0. The molecule has 7 nitrogen and oxygen atoms in total. The normalized spacial score (nSPS) is 40.9. The van der Waals surface area contributed by atoms with E-state index >= 15 is 0 Å². The lowest BCUT2D eigenvalue weighted by molar-refractivity contribution is -0.167. The summed E-state index contributed by atoms with van der Waals surface area (Å²) in [5.74, 6) is -1.40. The van der Waals surface area contributed by atoms with Crippen molar-refractivity contribution in [3.63, 3.8) is 0 Å². The first-order valence-corrected chi connectivity index (χ1v) is 12.3. The highest BCUT2D eigenvalue weighted by Crippen LogP contribution is 2.71. The van der Waals surface area contributed by atoms with E-state index in [0.717, 1.165) is 0 Å². The Balaban J connectivity index is 1.68. The highest BCUT2D eigenvalue weighted by Gasteiger charge is 2.77. The van der Waals surface area contributed by atoms with Crippen molar-refractivity contribution in [2.45, 2.75) is 58.8 Å². The highest BCUT2D eigenvalue weighted by atomic mass is 16.6. The van der Waals surface area contributed by atoms with E-state index in [2.05, 4.69) is 19.0 Å². The molecule has 0 saturated heterocycles. The second-order valence-corrected chi connectivity index (χ2v) is 11.6. The fraction of sp³-hybridized carbons (Fsp3) is 0.571. The number of aryl methyl sites for hydroxylation is 1. The quantitative estimate of drug-likeness (QED) is 0.386. The van der Waals surface area contributed by atoms with Gasteiger partial charge in [0, 0.05) is 5.92 Å². The summed E-state index contributed by atoms with van der Waals surface area (Å²) in [6.07, 6.45) is 2.82. The molecule has 1 aromatic rings.